The second-order valence-electron chi connectivity index (χ2n) is 5.92. The van der Waals surface area contributed by atoms with Crippen molar-refractivity contribution in [3.8, 4) is 0 Å². The molecule has 1 heterocycles. The number of benzene rings is 1. The normalized spacial score (nSPS) is 19.0. The number of methoxy groups -OCH3 is 1. The first-order valence-corrected chi connectivity index (χ1v) is 7.64. The van der Waals surface area contributed by atoms with E-state index in [0.29, 0.717) is 6.61 Å². The number of carbonyl (C=O) groups excluding carboxylic acids is 1. The maximum Gasteiger partial charge on any atom is 0.233 e. The smallest absolute Gasteiger partial charge is 0.233 e. The average molecular weight is 290 g/mol. The van der Waals surface area contributed by atoms with Gasteiger partial charge in [-0.05, 0) is 38.4 Å². The van der Waals surface area contributed by atoms with Crippen molar-refractivity contribution in [2.75, 3.05) is 33.9 Å². The van der Waals surface area contributed by atoms with E-state index in [4.69, 9.17) is 4.74 Å². The van der Waals surface area contributed by atoms with E-state index in [0.717, 1.165) is 31.5 Å². The highest BCUT2D eigenvalue weighted by Gasteiger charge is 2.43. The molecule has 21 heavy (non-hydrogen) atoms. The van der Waals surface area contributed by atoms with Gasteiger partial charge in [0.25, 0.3) is 0 Å². The Hall–Kier alpha value is -1.39. The molecule has 1 fully saturated rings. The lowest BCUT2D eigenvalue weighted by Crippen LogP contribution is -2.53. The fourth-order valence-corrected chi connectivity index (χ4v) is 3.13. The van der Waals surface area contributed by atoms with Crippen molar-refractivity contribution in [1.29, 1.82) is 0 Å². The van der Waals surface area contributed by atoms with E-state index in [9.17, 15) is 4.79 Å². The fraction of sp³-hybridized carbons (Fsp3) is 0.588. The predicted octanol–water partition coefficient (Wildman–Crippen LogP) is 1.80. The Balaban J connectivity index is 2.30. The summed E-state index contributed by atoms with van der Waals surface area (Å²) < 4.78 is 5.19. The Bertz CT molecular complexity index is 455. The Morgan fingerprint density at radius 1 is 1.33 bits per heavy atom. The van der Waals surface area contributed by atoms with Gasteiger partial charge in [0.2, 0.25) is 5.91 Å². The van der Waals surface area contributed by atoms with Gasteiger partial charge in [0.05, 0.1) is 18.1 Å². The number of nitrogens with zero attached hydrogens (tertiary/aromatic N) is 1. The molecule has 0 spiro atoms. The maximum atomic E-state index is 13.2. The lowest BCUT2D eigenvalue weighted by molar-refractivity contribution is -0.140. The summed E-state index contributed by atoms with van der Waals surface area (Å²) in [5, 5.41) is 3.36. The number of ether oxygens (including phenoxy) is 1. The first kappa shape index (κ1) is 16.0. The van der Waals surface area contributed by atoms with Gasteiger partial charge >= 0.3 is 0 Å². The van der Waals surface area contributed by atoms with Crippen molar-refractivity contribution in [2.45, 2.75) is 31.2 Å². The van der Waals surface area contributed by atoms with Crippen LogP contribution in [-0.4, -0.2) is 50.7 Å². The van der Waals surface area contributed by atoms with Crippen molar-refractivity contribution < 1.29 is 9.53 Å². The number of piperidine rings is 1. The Morgan fingerprint density at radius 3 is 2.52 bits per heavy atom. The van der Waals surface area contributed by atoms with E-state index < -0.39 is 5.41 Å². The molecule has 0 aromatic heterocycles. The molecular formula is C17H26N2O2. The highest BCUT2D eigenvalue weighted by molar-refractivity contribution is 5.88. The molecule has 1 aromatic carbocycles. The van der Waals surface area contributed by atoms with Crippen LogP contribution in [0.15, 0.2) is 30.3 Å². The van der Waals surface area contributed by atoms with Crippen LogP contribution < -0.4 is 5.32 Å². The largest absolute Gasteiger partial charge is 0.383 e. The summed E-state index contributed by atoms with van der Waals surface area (Å²) in [5.41, 5.74) is 0.733. The number of nitrogens with one attached hydrogen (secondary N) is 1. The van der Waals surface area contributed by atoms with Gasteiger partial charge < -0.3 is 15.0 Å². The topological polar surface area (TPSA) is 41.6 Å². The van der Waals surface area contributed by atoms with Crippen molar-refractivity contribution >= 4 is 5.91 Å². The third-order valence-corrected chi connectivity index (χ3v) is 4.58. The van der Waals surface area contributed by atoms with E-state index in [1.54, 1.807) is 7.11 Å². The number of likely N-dealkylation sites (N-methyl/N-ethyl adjacent to an activating group) is 1. The van der Waals surface area contributed by atoms with Crippen LogP contribution in [0.25, 0.3) is 0 Å². The predicted molar refractivity (Wildman–Crippen MR) is 84.3 cm³/mol. The first-order valence-electron chi connectivity index (χ1n) is 7.64. The Morgan fingerprint density at radius 2 is 1.95 bits per heavy atom. The molecule has 1 aliphatic rings. The van der Waals surface area contributed by atoms with Crippen molar-refractivity contribution in [3.63, 3.8) is 0 Å². The maximum absolute atomic E-state index is 13.2. The second kappa shape index (κ2) is 7.05. The highest BCUT2D eigenvalue weighted by atomic mass is 16.5. The SMILES string of the molecule is COCC(C)N(C)C(=O)C1(c2ccccc2)CCNCC1. The molecule has 1 amide bonds. The van der Waals surface area contributed by atoms with Crippen LogP contribution in [0.1, 0.15) is 25.3 Å². The van der Waals surface area contributed by atoms with Crippen LogP contribution in [0, 0.1) is 0 Å². The molecule has 4 heteroatoms. The van der Waals surface area contributed by atoms with Gasteiger partial charge in [-0.2, -0.15) is 0 Å². The van der Waals surface area contributed by atoms with Crippen LogP contribution in [0.2, 0.25) is 0 Å². The summed E-state index contributed by atoms with van der Waals surface area (Å²) >= 11 is 0. The lowest BCUT2D eigenvalue weighted by Gasteiger charge is -2.41. The van der Waals surface area contributed by atoms with Crippen LogP contribution in [0.5, 0.6) is 0 Å². The van der Waals surface area contributed by atoms with E-state index in [1.807, 2.05) is 37.1 Å². The summed E-state index contributed by atoms with van der Waals surface area (Å²) in [6.45, 7) is 4.35. The number of hydrogen-bond donors (Lipinski definition) is 1. The van der Waals surface area contributed by atoms with Crippen molar-refractivity contribution in [3.05, 3.63) is 35.9 Å². The van der Waals surface area contributed by atoms with Crippen molar-refractivity contribution in [2.24, 2.45) is 0 Å². The molecule has 1 aromatic rings. The summed E-state index contributed by atoms with van der Waals surface area (Å²) in [5.74, 6) is 0.208. The summed E-state index contributed by atoms with van der Waals surface area (Å²) in [4.78, 5) is 15.0. The molecule has 1 saturated heterocycles. The number of rotatable bonds is 5. The Kier molecular flexibility index (Phi) is 5.37. The second-order valence-corrected chi connectivity index (χ2v) is 5.92. The van der Waals surface area contributed by atoms with Gasteiger partial charge in [0.1, 0.15) is 0 Å². The molecular weight excluding hydrogens is 264 g/mol. The van der Waals surface area contributed by atoms with E-state index >= 15 is 0 Å². The molecule has 0 radical (unpaired) electrons. The molecule has 1 N–H and O–H groups in total. The summed E-state index contributed by atoms with van der Waals surface area (Å²) in [6, 6.07) is 10.3. The van der Waals surface area contributed by atoms with Gasteiger partial charge in [0.15, 0.2) is 0 Å². The molecule has 0 bridgehead atoms. The van der Waals surface area contributed by atoms with Gasteiger partial charge in [-0.25, -0.2) is 0 Å². The molecule has 116 valence electrons. The minimum Gasteiger partial charge on any atom is -0.383 e. The van der Waals surface area contributed by atoms with Gasteiger partial charge in [0, 0.05) is 14.2 Å². The number of amides is 1. The van der Waals surface area contributed by atoms with Gasteiger partial charge in [-0.1, -0.05) is 30.3 Å². The monoisotopic (exact) mass is 290 g/mol. The molecule has 2 rings (SSSR count). The third-order valence-electron chi connectivity index (χ3n) is 4.58. The quantitative estimate of drug-likeness (QED) is 0.899. The zero-order valence-corrected chi connectivity index (χ0v) is 13.3. The lowest BCUT2D eigenvalue weighted by atomic mass is 9.72. The fourth-order valence-electron chi connectivity index (χ4n) is 3.13. The minimum atomic E-state index is -0.400. The van der Waals surface area contributed by atoms with Crippen LogP contribution in [0.3, 0.4) is 0 Å². The van der Waals surface area contributed by atoms with Crippen LogP contribution in [-0.2, 0) is 14.9 Å². The molecule has 1 aliphatic heterocycles. The van der Waals surface area contributed by atoms with Crippen molar-refractivity contribution in [1.82, 2.24) is 10.2 Å². The standard InChI is InChI=1S/C17H26N2O2/c1-14(13-21-3)19(2)16(20)17(9-11-18-12-10-17)15-7-5-4-6-8-15/h4-8,14,18H,9-13H2,1-3H3. The van der Waals surface area contributed by atoms with E-state index in [-0.39, 0.29) is 11.9 Å². The summed E-state index contributed by atoms with van der Waals surface area (Å²) in [6.07, 6.45) is 1.69. The number of hydrogen-bond acceptors (Lipinski definition) is 3. The molecule has 0 aliphatic carbocycles. The zero-order valence-electron chi connectivity index (χ0n) is 13.3. The molecule has 1 atom stereocenters. The molecule has 0 saturated carbocycles. The van der Waals surface area contributed by atoms with E-state index in [2.05, 4.69) is 17.4 Å². The van der Waals surface area contributed by atoms with Crippen LogP contribution >= 0.6 is 0 Å². The Labute approximate surface area is 127 Å². The van der Waals surface area contributed by atoms with Gasteiger partial charge in [-0.15, -0.1) is 0 Å². The number of carbonyl (C=O) groups is 1. The van der Waals surface area contributed by atoms with E-state index in [1.165, 1.54) is 0 Å². The van der Waals surface area contributed by atoms with Gasteiger partial charge in [-0.3, -0.25) is 4.79 Å². The molecule has 1 unspecified atom stereocenters. The highest BCUT2D eigenvalue weighted by Crippen LogP contribution is 2.35. The average Bonchev–Trinajstić information content (AvgIpc) is 2.55. The minimum absolute atomic E-state index is 0.0815. The first-order chi connectivity index (χ1) is 10.1. The summed E-state index contributed by atoms with van der Waals surface area (Å²) in [7, 11) is 3.56. The van der Waals surface area contributed by atoms with Crippen LogP contribution in [0.4, 0.5) is 0 Å². The zero-order chi connectivity index (χ0) is 15.3. The third kappa shape index (κ3) is 3.27. The molecule has 4 nitrogen and oxygen atoms in total.